The van der Waals surface area contributed by atoms with Gasteiger partial charge in [-0.3, -0.25) is 4.68 Å². The molecule has 0 aliphatic heterocycles. The van der Waals surface area contributed by atoms with E-state index in [-0.39, 0.29) is 0 Å². The van der Waals surface area contributed by atoms with E-state index in [0.29, 0.717) is 6.04 Å². The lowest BCUT2D eigenvalue weighted by atomic mass is 9.96. The zero-order valence-corrected chi connectivity index (χ0v) is 12.7. The first-order valence-corrected chi connectivity index (χ1v) is 8.69. The second-order valence-electron chi connectivity index (χ2n) is 6.65. The fraction of sp³-hybridized carbons (Fsp3) is 0.824. The topological polar surface area (TPSA) is 29.9 Å². The maximum absolute atomic E-state index is 4.80. The van der Waals surface area contributed by atoms with Crippen molar-refractivity contribution in [1.29, 1.82) is 0 Å². The second kappa shape index (κ2) is 7.26. The van der Waals surface area contributed by atoms with Crippen LogP contribution in [0.4, 0.5) is 0 Å². The lowest BCUT2D eigenvalue weighted by molar-refractivity contribution is 0.327. The Balaban J connectivity index is 1.49. The first-order valence-electron chi connectivity index (χ1n) is 8.69. The van der Waals surface area contributed by atoms with E-state index in [1.54, 1.807) is 0 Å². The number of rotatable bonds is 4. The fourth-order valence-electron chi connectivity index (χ4n) is 3.75. The molecule has 2 fully saturated rings. The summed E-state index contributed by atoms with van der Waals surface area (Å²) >= 11 is 0. The van der Waals surface area contributed by atoms with Crippen molar-refractivity contribution >= 4 is 0 Å². The maximum atomic E-state index is 4.80. The van der Waals surface area contributed by atoms with Crippen LogP contribution in [-0.4, -0.2) is 15.8 Å². The van der Waals surface area contributed by atoms with Crippen LogP contribution in [-0.2, 0) is 6.54 Å². The van der Waals surface area contributed by atoms with Crippen molar-refractivity contribution in [2.24, 2.45) is 0 Å². The zero-order chi connectivity index (χ0) is 13.6. The van der Waals surface area contributed by atoms with E-state index in [0.717, 1.165) is 12.6 Å². The van der Waals surface area contributed by atoms with E-state index < -0.39 is 0 Å². The van der Waals surface area contributed by atoms with Crippen molar-refractivity contribution in [3.63, 3.8) is 0 Å². The molecule has 0 spiro atoms. The third-order valence-corrected chi connectivity index (χ3v) is 5.04. The van der Waals surface area contributed by atoms with Gasteiger partial charge in [0.2, 0.25) is 0 Å². The molecule has 2 saturated carbocycles. The Hall–Kier alpha value is -0.830. The first kappa shape index (κ1) is 14.1. The zero-order valence-electron chi connectivity index (χ0n) is 12.7. The van der Waals surface area contributed by atoms with Crippen LogP contribution in [0.25, 0.3) is 0 Å². The number of aromatic nitrogens is 2. The van der Waals surface area contributed by atoms with Gasteiger partial charge in [0.15, 0.2) is 0 Å². The van der Waals surface area contributed by atoms with E-state index in [2.05, 4.69) is 22.3 Å². The molecule has 2 aliphatic carbocycles. The smallest absolute Gasteiger partial charge is 0.0762 e. The summed E-state index contributed by atoms with van der Waals surface area (Å²) in [5, 5.41) is 8.51. The van der Waals surface area contributed by atoms with Crippen LogP contribution in [0.2, 0.25) is 0 Å². The SMILES string of the molecule is c1cn(C2CCCCC2)nc1CNC1CCCCCC1. The summed E-state index contributed by atoms with van der Waals surface area (Å²) in [5.74, 6) is 0. The Morgan fingerprint density at radius 3 is 2.35 bits per heavy atom. The van der Waals surface area contributed by atoms with E-state index in [4.69, 9.17) is 5.10 Å². The molecule has 1 aromatic rings. The molecule has 1 heterocycles. The van der Waals surface area contributed by atoms with Crippen LogP contribution in [0, 0.1) is 0 Å². The van der Waals surface area contributed by atoms with E-state index in [1.807, 2.05) is 0 Å². The predicted octanol–water partition coefficient (Wildman–Crippen LogP) is 4.20. The van der Waals surface area contributed by atoms with Crippen molar-refractivity contribution in [3.8, 4) is 0 Å². The van der Waals surface area contributed by atoms with E-state index >= 15 is 0 Å². The highest BCUT2D eigenvalue weighted by Gasteiger charge is 2.16. The summed E-state index contributed by atoms with van der Waals surface area (Å²) < 4.78 is 2.23. The summed E-state index contributed by atoms with van der Waals surface area (Å²) in [5.41, 5.74) is 1.22. The minimum atomic E-state index is 0.662. The molecule has 1 N–H and O–H groups in total. The summed E-state index contributed by atoms with van der Waals surface area (Å²) in [6.07, 6.45) is 17.3. The second-order valence-corrected chi connectivity index (χ2v) is 6.65. The average Bonchev–Trinajstić information content (AvgIpc) is 2.82. The predicted molar refractivity (Wildman–Crippen MR) is 82.7 cm³/mol. The van der Waals surface area contributed by atoms with Crippen LogP contribution >= 0.6 is 0 Å². The molecule has 0 amide bonds. The number of hydrogen-bond donors (Lipinski definition) is 1. The molecule has 0 radical (unpaired) electrons. The fourth-order valence-corrected chi connectivity index (χ4v) is 3.75. The van der Waals surface area contributed by atoms with E-state index in [1.165, 1.54) is 76.3 Å². The average molecular weight is 275 g/mol. The van der Waals surface area contributed by atoms with Crippen molar-refractivity contribution in [2.75, 3.05) is 0 Å². The van der Waals surface area contributed by atoms with Gasteiger partial charge in [0.05, 0.1) is 11.7 Å². The molecule has 2 aliphatic rings. The van der Waals surface area contributed by atoms with Gasteiger partial charge in [0.1, 0.15) is 0 Å². The Labute approximate surface area is 123 Å². The van der Waals surface area contributed by atoms with Crippen LogP contribution in [0.5, 0.6) is 0 Å². The largest absolute Gasteiger partial charge is 0.308 e. The van der Waals surface area contributed by atoms with Gasteiger partial charge in [-0.05, 0) is 31.7 Å². The van der Waals surface area contributed by atoms with Gasteiger partial charge in [0, 0.05) is 18.8 Å². The molecule has 3 nitrogen and oxygen atoms in total. The molecule has 0 atom stereocenters. The summed E-state index contributed by atoms with van der Waals surface area (Å²) in [6.45, 7) is 0.949. The summed E-state index contributed by atoms with van der Waals surface area (Å²) in [6, 6.07) is 3.59. The molecule has 0 bridgehead atoms. The van der Waals surface area contributed by atoms with Crippen molar-refractivity contribution in [2.45, 2.75) is 89.3 Å². The molecule has 0 aromatic carbocycles. The van der Waals surface area contributed by atoms with Gasteiger partial charge in [-0.1, -0.05) is 44.9 Å². The lowest BCUT2D eigenvalue weighted by Gasteiger charge is -2.21. The Kier molecular flexibility index (Phi) is 5.12. The highest BCUT2D eigenvalue weighted by Crippen LogP contribution is 2.27. The quantitative estimate of drug-likeness (QED) is 0.835. The number of hydrogen-bond acceptors (Lipinski definition) is 2. The highest BCUT2D eigenvalue weighted by molar-refractivity contribution is 5.00. The standard InChI is InChI=1S/C17H29N3/c1-2-5-9-15(8-4-1)18-14-16-12-13-20(19-16)17-10-6-3-7-11-17/h12-13,15,17-18H,1-11,14H2. The van der Waals surface area contributed by atoms with Crippen LogP contribution in [0.3, 0.4) is 0 Å². The van der Waals surface area contributed by atoms with Crippen molar-refractivity contribution in [1.82, 2.24) is 15.1 Å². The number of nitrogens with one attached hydrogen (secondary N) is 1. The molecule has 1 aromatic heterocycles. The van der Waals surface area contributed by atoms with Crippen LogP contribution < -0.4 is 5.32 Å². The molecular formula is C17H29N3. The highest BCUT2D eigenvalue weighted by atomic mass is 15.3. The molecular weight excluding hydrogens is 246 g/mol. The maximum Gasteiger partial charge on any atom is 0.0762 e. The molecule has 0 saturated heterocycles. The molecule has 20 heavy (non-hydrogen) atoms. The number of nitrogens with zero attached hydrogens (tertiary/aromatic N) is 2. The van der Waals surface area contributed by atoms with Crippen LogP contribution in [0.1, 0.15) is 82.4 Å². The van der Waals surface area contributed by atoms with Crippen molar-refractivity contribution < 1.29 is 0 Å². The van der Waals surface area contributed by atoms with E-state index in [9.17, 15) is 0 Å². The molecule has 0 unspecified atom stereocenters. The third-order valence-electron chi connectivity index (χ3n) is 5.04. The lowest BCUT2D eigenvalue weighted by Crippen LogP contribution is -2.28. The van der Waals surface area contributed by atoms with Crippen LogP contribution in [0.15, 0.2) is 12.3 Å². The Bertz CT molecular complexity index is 385. The minimum absolute atomic E-state index is 0.662. The van der Waals surface area contributed by atoms with Gasteiger partial charge in [0.25, 0.3) is 0 Å². The minimum Gasteiger partial charge on any atom is -0.308 e. The molecule has 3 heteroatoms. The van der Waals surface area contributed by atoms with Gasteiger partial charge < -0.3 is 5.32 Å². The van der Waals surface area contributed by atoms with Gasteiger partial charge in [-0.25, -0.2) is 0 Å². The normalized spacial score (nSPS) is 22.8. The molecule has 112 valence electrons. The van der Waals surface area contributed by atoms with Gasteiger partial charge in [-0.15, -0.1) is 0 Å². The Morgan fingerprint density at radius 1 is 0.950 bits per heavy atom. The first-order chi connectivity index (χ1) is 9.92. The monoisotopic (exact) mass is 275 g/mol. The molecule has 3 rings (SSSR count). The van der Waals surface area contributed by atoms with Crippen molar-refractivity contribution in [3.05, 3.63) is 18.0 Å². The summed E-state index contributed by atoms with van der Waals surface area (Å²) in [7, 11) is 0. The third kappa shape index (κ3) is 3.85. The Morgan fingerprint density at radius 2 is 1.60 bits per heavy atom. The summed E-state index contributed by atoms with van der Waals surface area (Å²) in [4.78, 5) is 0. The van der Waals surface area contributed by atoms with Gasteiger partial charge in [-0.2, -0.15) is 5.10 Å². The van der Waals surface area contributed by atoms with Gasteiger partial charge >= 0.3 is 0 Å².